The van der Waals surface area contributed by atoms with Gasteiger partial charge in [0, 0.05) is 0 Å². The summed E-state index contributed by atoms with van der Waals surface area (Å²) in [6, 6.07) is 7.50. The van der Waals surface area contributed by atoms with Crippen molar-refractivity contribution in [3.63, 3.8) is 0 Å². The number of rotatable bonds is 0. The van der Waals surface area contributed by atoms with Crippen molar-refractivity contribution in [2.45, 2.75) is 31.1 Å². The Morgan fingerprint density at radius 1 is 0.923 bits per heavy atom. The van der Waals surface area contributed by atoms with Crippen molar-refractivity contribution >= 4 is 0 Å². The molecule has 1 aromatic rings. The molecule has 2 unspecified atom stereocenters. The van der Waals surface area contributed by atoms with Gasteiger partial charge in [-0.3, -0.25) is 4.79 Å². The minimum Gasteiger partial charge on any atom is -0.290 e. The van der Waals surface area contributed by atoms with E-state index in [0.717, 1.165) is 11.8 Å². The second-order valence-corrected chi connectivity index (χ2v) is 4.19. The topological polar surface area (TPSA) is 17.1 Å². The van der Waals surface area contributed by atoms with Crippen molar-refractivity contribution in [3.8, 4) is 0 Å². The SMILES string of the molecule is O=c1ccc2c(cc1)C1CCC2C1. The van der Waals surface area contributed by atoms with Crippen molar-refractivity contribution in [1.82, 2.24) is 0 Å². The molecule has 0 aliphatic heterocycles. The van der Waals surface area contributed by atoms with Gasteiger partial charge in [-0.1, -0.05) is 12.1 Å². The lowest BCUT2D eigenvalue weighted by Crippen LogP contribution is -1.94. The van der Waals surface area contributed by atoms with Crippen LogP contribution in [-0.4, -0.2) is 0 Å². The number of hydrogen-bond acceptors (Lipinski definition) is 1. The number of fused-ring (bicyclic) bond motifs is 5. The van der Waals surface area contributed by atoms with Gasteiger partial charge in [0.05, 0.1) is 0 Å². The normalized spacial score (nSPS) is 28.9. The molecule has 2 aliphatic carbocycles. The van der Waals surface area contributed by atoms with E-state index in [0.29, 0.717) is 0 Å². The number of hydrogen-bond donors (Lipinski definition) is 0. The molecule has 1 aromatic carbocycles. The Labute approximate surface area is 77.4 Å². The predicted molar refractivity (Wildman–Crippen MR) is 52.0 cm³/mol. The van der Waals surface area contributed by atoms with E-state index in [1.807, 2.05) is 12.1 Å². The highest BCUT2D eigenvalue weighted by molar-refractivity contribution is 5.39. The van der Waals surface area contributed by atoms with Crippen LogP contribution in [0.3, 0.4) is 0 Å². The zero-order valence-electron chi connectivity index (χ0n) is 7.49. The Hall–Kier alpha value is -1.11. The summed E-state index contributed by atoms with van der Waals surface area (Å²) in [6.45, 7) is 0. The minimum atomic E-state index is 0.133. The minimum absolute atomic E-state index is 0.133. The zero-order valence-corrected chi connectivity index (χ0v) is 7.49. The molecule has 1 saturated carbocycles. The van der Waals surface area contributed by atoms with Crippen LogP contribution in [0.2, 0.25) is 0 Å². The van der Waals surface area contributed by atoms with Crippen LogP contribution < -0.4 is 5.43 Å². The lowest BCUT2D eigenvalue weighted by Gasteiger charge is -2.11. The molecular weight excluding hydrogens is 160 g/mol. The summed E-state index contributed by atoms with van der Waals surface area (Å²) in [5, 5.41) is 0. The first kappa shape index (κ1) is 7.31. The molecule has 1 heteroatoms. The van der Waals surface area contributed by atoms with E-state index < -0.39 is 0 Å². The first-order valence-electron chi connectivity index (χ1n) is 4.99. The quantitative estimate of drug-likeness (QED) is 0.587. The van der Waals surface area contributed by atoms with E-state index >= 15 is 0 Å². The van der Waals surface area contributed by atoms with E-state index in [1.165, 1.54) is 30.4 Å². The largest absolute Gasteiger partial charge is 0.290 e. The van der Waals surface area contributed by atoms with E-state index in [1.54, 1.807) is 12.1 Å². The van der Waals surface area contributed by atoms with Crippen molar-refractivity contribution < 1.29 is 0 Å². The Kier molecular flexibility index (Phi) is 1.37. The van der Waals surface area contributed by atoms with Crippen LogP contribution in [0.25, 0.3) is 0 Å². The van der Waals surface area contributed by atoms with Crippen LogP contribution in [0, 0.1) is 0 Å². The summed E-state index contributed by atoms with van der Waals surface area (Å²) in [7, 11) is 0. The van der Waals surface area contributed by atoms with E-state index in [-0.39, 0.29) is 5.43 Å². The molecule has 2 atom stereocenters. The lowest BCUT2D eigenvalue weighted by atomic mass is 9.94. The third-order valence-corrected chi connectivity index (χ3v) is 3.50. The van der Waals surface area contributed by atoms with Gasteiger partial charge in [0.15, 0.2) is 5.43 Å². The second-order valence-electron chi connectivity index (χ2n) is 4.19. The van der Waals surface area contributed by atoms with Gasteiger partial charge >= 0.3 is 0 Å². The third kappa shape index (κ3) is 0.963. The molecule has 0 radical (unpaired) electrons. The van der Waals surface area contributed by atoms with Crippen LogP contribution in [0.1, 0.15) is 42.2 Å². The molecule has 3 rings (SSSR count). The fourth-order valence-corrected chi connectivity index (χ4v) is 2.88. The van der Waals surface area contributed by atoms with E-state index in [9.17, 15) is 4.79 Å². The standard InChI is InChI=1S/C12H12O/c13-10-3-5-11-8-1-2-9(7-8)12(11)6-4-10/h3-6,8-9H,1-2,7H2. The summed E-state index contributed by atoms with van der Waals surface area (Å²) >= 11 is 0. The van der Waals surface area contributed by atoms with Crippen LogP contribution in [0.15, 0.2) is 29.1 Å². The molecule has 1 fully saturated rings. The molecule has 13 heavy (non-hydrogen) atoms. The van der Waals surface area contributed by atoms with Crippen molar-refractivity contribution in [1.29, 1.82) is 0 Å². The fraction of sp³-hybridized carbons (Fsp3) is 0.417. The van der Waals surface area contributed by atoms with Crippen LogP contribution in [0.4, 0.5) is 0 Å². The second kappa shape index (κ2) is 2.44. The lowest BCUT2D eigenvalue weighted by molar-refractivity contribution is 0.719. The molecule has 66 valence electrons. The van der Waals surface area contributed by atoms with Gasteiger partial charge in [-0.25, -0.2) is 0 Å². The van der Waals surface area contributed by atoms with Gasteiger partial charge in [0.25, 0.3) is 0 Å². The van der Waals surface area contributed by atoms with Gasteiger partial charge in [0.1, 0.15) is 0 Å². The van der Waals surface area contributed by atoms with Gasteiger partial charge in [-0.05, 0) is 54.4 Å². The average Bonchev–Trinajstić information content (AvgIpc) is 2.66. The summed E-state index contributed by atoms with van der Waals surface area (Å²) in [5.74, 6) is 1.51. The van der Waals surface area contributed by atoms with Crippen molar-refractivity contribution in [2.75, 3.05) is 0 Å². The first-order valence-corrected chi connectivity index (χ1v) is 4.99. The first-order chi connectivity index (χ1) is 6.34. The molecule has 0 amide bonds. The summed E-state index contributed by atoms with van der Waals surface area (Å²) in [4.78, 5) is 11.1. The van der Waals surface area contributed by atoms with Gasteiger partial charge in [-0.15, -0.1) is 0 Å². The summed E-state index contributed by atoms with van der Waals surface area (Å²) in [6.07, 6.45) is 3.99. The monoisotopic (exact) mass is 172 g/mol. The Morgan fingerprint density at radius 3 is 2.00 bits per heavy atom. The molecule has 1 nitrogen and oxygen atoms in total. The molecule has 2 aliphatic rings. The Balaban J connectivity index is 2.27. The van der Waals surface area contributed by atoms with Crippen LogP contribution in [-0.2, 0) is 0 Å². The highest BCUT2D eigenvalue weighted by Gasteiger charge is 2.35. The van der Waals surface area contributed by atoms with Crippen LogP contribution in [0.5, 0.6) is 0 Å². The zero-order chi connectivity index (χ0) is 8.84. The molecule has 0 spiro atoms. The Morgan fingerprint density at radius 2 is 1.46 bits per heavy atom. The van der Waals surface area contributed by atoms with Gasteiger partial charge in [-0.2, -0.15) is 0 Å². The molecule has 0 N–H and O–H groups in total. The maximum Gasteiger partial charge on any atom is 0.178 e. The summed E-state index contributed by atoms with van der Waals surface area (Å²) in [5.41, 5.74) is 3.02. The molecule has 0 aromatic heterocycles. The average molecular weight is 172 g/mol. The maximum absolute atomic E-state index is 11.1. The molecular formula is C12H12O. The highest BCUT2D eigenvalue weighted by Crippen LogP contribution is 2.52. The molecule has 0 heterocycles. The van der Waals surface area contributed by atoms with E-state index in [2.05, 4.69) is 0 Å². The third-order valence-electron chi connectivity index (χ3n) is 3.50. The molecule has 0 saturated heterocycles. The van der Waals surface area contributed by atoms with Gasteiger partial charge < -0.3 is 0 Å². The van der Waals surface area contributed by atoms with Crippen LogP contribution >= 0.6 is 0 Å². The van der Waals surface area contributed by atoms with E-state index in [4.69, 9.17) is 0 Å². The van der Waals surface area contributed by atoms with Gasteiger partial charge in [0.2, 0.25) is 0 Å². The summed E-state index contributed by atoms with van der Waals surface area (Å²) < 4.78 is 0. The predicted octanol–water partition coefficient (Wildman–Crippen LogP) is 2.41. The Bertz CT molecular complexity index is 372. The van der Waals surface area contributed by atoms with Crippen molar-refractivity contribution in [2.24, 2.45) is 0 Å². The highest BCUT2D eigenvalue weighted by atomic mass is 16.1. The smallest absolute Gasteiger partial charge is 0.178 e. The molecule has 2 bridgehead atoms. The fourth-order valence-electron chi connectivity index (χ4n) is 2.88. The van der Waals surface area contributed by atoms with Crippen molar-refractivity contribution in [3.05, 3.63) is 45.6 Å². The maximum atomic E-state index is 11.1.